The van der Waals surface area contributed by atoms with Crippen LogP contribution in [0.1, 0.15) is 20.3 Å². The quantitative estimate of drug-likeness (QED) is 0.711. The summed E-state index contributed by atoms with van der Waals surface area (Å²) in [5.41, 5.74) is 1.48. The van der Waals surface area contributed by atoms with Crippen LogP contribution in [0.25, 0.3) is 17.0 Å². The minimum Gasteiger partial charge on any atom is -0.291 e. The molecule has 4 rings (SSSR count). The Bertz CT molecular complexity index is 1000. The number of fused-ring (bicyclic) bond motifs is 1. The Balaban J connectivity index is 1.70. The molecule has 0 N–H and O–H groups in total. The van der Waals surface area contributed by atoms with Gasteiger partial charge in [-0.25, -0.2) is 18.4 Å². The molecule has 1 fully saturated rings. The highest BCUT2D eigenvalue weighted by atomic mass is 32.2. The largest absolute Gasteiger partial charge is 0.291 e. The van der Waals surface area contributed by atoms with E-state index in [-0.39, 0.29) is 0 Å². The fourth-order valence-electron chi connectivity index (χ4n) is 3.74. The van der Waals surface area contributed by atoms with Crippen LogP contribution in [0.3, 0.4) is 0 Å². The van der Waals surface area contributed by atoms with E-state index in [2.05, 4.69) is 23.8 Å². The number of imidazole rings is 1. The zero-order chi connectivity index (χ0) is 18.3. The molecule has 1 aliphatic heterocycles. The Kier molecular flexibility index (Phi) is 4.28. The van der Waals surface area contributed by atoms with Crippen molar-refractivity contribution < 1.29 is 8.42 Å². The molecule has 1 aromatic carbocycles. The Morgan fingerprint density at radius 2 is 1.88 bits per heavy atom. The molecule has 7 heteroatoms. The van der Waals surface area contributed by atoms with E-state index in [9.17, 15) is 8.42 Å². The second-order valence-corrected chi connectivity index (χ2v) is 9.19. The summed E-state index contributed by atoms with van der Waals surface area (Å²) in [6.45, 7) is 5.38. The number of sulfonamides is 1. The first-order valence-corrected chi connectivity index (χ1v) is 10.3. The zero-order valence-electron chi connectivity index (χ0n) is 14.9. The maximum atomic E-state index is 13.1. The van der Waals surface area contributed by atoms with Gasteiger partial charge in [-0.2, -0.15) is 4.31 Å². The van der Waals surface area contributed by atoms with Crippen molar-refractivity contribution in [3.05, 3.63) is 48.9 Å². The van der Waals surface area contributed by atoms with Gasteiger partial charge in [0.05, 0.1) is 10.6 Å². The average Bonchev–Trinajstić information content (AvgIpc) is 3.05. The molecule has 3 aromatic rings. The SMILES string of the molecule is C[C@H]1C[C@H](C)CN(S(=O)(=O)c2cccc(-c3cn4cccnc4n3)c2)C1. The van der Waals surface area contributed by atoms with Crippen molar-refractivity contribution in [2.24, 2.45) is 11.8 Å². The molecule has 2 atom stereocenters. The molecule has 0 spiro atoms. The fraction of sp³-hybridized carbons (Fsp3) is 0.368. The van der Waals surface area contributed by atoms with Gasteiger partial charge < -0.3 is 0 Å². The molecule has 1 aliphatic rings. The summed E-state index contributed by atoms with van der Waals surface area (Å²) in [7, 11) is -3.51. The summed E-state index contributed by atoms with van der Waals surface area (Å²) in [5.74, 6) is 1.34. The number of benzene rings is 1. The third kappa shape index (κ3) is 3.12. The van der Waals surface area contributed by atoms with Crippen LogP contribution in [-0.2, 0) is 10.0 Å². The van der Waals surface area contributed by atoms with Crippen molar-refractivity contribution in [1.29, 1.82) is 0 Å². The highest BCUT2D eigenvalue weighted by Gasteiger charge is 2.31. The van der Waals surface area contributed by atoms with E-state index in [1.807, 2.05) is 28.9 Å². The number of nitrogens with zero attached hydrogens (tertiary/aromatic N) is 4. The molecular weight excluding hydrogens is 348 g/mol. The highest BCUT2D eigenvalue weighted by Crippen LogP contribution is 2.28. The van der Waals surface area contributed by atoms with Gasteiger partial charge in [0.25, 0.3) is 0 Å². The summed E-state index contributed by atoms with van der Waals surface area (Å²) in [4.78, 5) is 9.02. The summed E-state index contributed by atoms with van der Waals surface area (Å²) in [6, 6.07) is 8.86. The van der Waals surface area contributed by atoms with Crippen molar-refractivity contribution in [1.82, 2.24) is 18.7 Å². The molecule has 26 heavy (non-hydrogen) atoms. The van der Waals surface area contributed by atoms with Crippen LogP contribution < -0.4 is 0 Å². The van der Waals surface area contributed by atoms with E-state index in [1.54, 1.807) is 28.7 Å². The minimum atomic E-state index is -3.51. The number of aromatic nitrogens is 3. The van der Waals surface area contributed by atoms with Crippen molar-refractivity contribution in [2.75, 3.05) is 13.1 Å². The zero-order valence-corrected chi connectivity index (χ0v) is 15.7. The van der Waals surface area contributed by atoms with Crippen LogP contribution in [-0.4, -0.2) is 40.2 Å². The van der Waals surface area contributed by atoms with Crippen LogP contribution in [0, 0.1) is 11.8 Å². The van der Waals surface area contributed by atoms with Crippen molar-refractivity contribution >= 4 is 15.8 Å². The molecule has 0 bridgehead atoms. The molecule has 136 valence electrons. The molecule has 2 aromatic heterocycles. The topological polar surface area (TPSA) is 67.6 Å². The van der Waals surface area contributed by atoms with Gasteiger partial charge >= 0.3 is 0 Å². The molecule has 0 radical (unpaired) electrons. The maximum Gasteiger partial charge on any atom is 0.243 e. The van der Waals surface area contributed by atoms with Crippen molar-refractivity contribution in [3.63, 3.8) is 0 Å². The van der Waals surface area contributed by atoms with Crippen LogP contribution in [0.4, 0.5) is 0 Å². The van der Waals surface area contributed by atoms with E-state index in [4.69, 9.17) is 0 Å². The predicted octanol–water partition coefficient (Wildman–Crippen LogP) is 3.06. The third-order valence-electron chi connectivity index (χ3n) is 4.84. The molecule has 6 nitrogen and oxygen atoms in total. The van der Waals surface area contributed by atoms with Gasteiger partial charge in [-0.05, 0) is 36.5 Å². The predicted molar refractivity (Wildman–Crippen MR) is 100 cm³/mol. The lowest BCUT2D eigenvalue weighted by Crippen LogP contribution is -2.42. The Labute approximate surface area is 153 Å². The number of hydrogen-bond donors (Lipinski definition) is 0. The van der Waals surface area contributed by atoms with E-state index in [0.29, 0.717) is 41.3 Å². The van der Waals surface area contributed by atoms with Gasteiger partial charge in [-0.15, -0.1) is 0 Å². The van der Waals surface area contributed by atoms with Gasteiger partial charge in [-0.1, -0.05) is 26.0 Å². The molecule has 0 saturated carbocycles. The van der Waals surface area contributed by atoms with Crippen molar-refractivity contribution in [2.45, 2.75) is 25.2 Å². The number of piperidine rings is 1. The second kappa shape index (κ2) is 6.48. The van der Waals surface area contributed by atoms with Gasteiger partial charge in [0.1, 0.15) is 0 Å². The van der Waals surface area contributed by atoms with Gasteiger partial charge in [-0.3, -0.25) is 4.40 Å². The molecule has 1 saturated heterocycles. The lowest BCUT2D eigenvalue weighted by molar-refractivity contribution is 0.222. The summed E-state index contributed by atoms with van der Waals surface area (Å²) < 4.78 is 29.7. The maximum absolute atomic E-state index is 13.1. The first-order valence-electron chi connectivity index (χ1n) is 8.84. The molecule has 0 amide bonds. The molecule has 0 unspecified atom stereocenters. The standard InChI is InChI=1S/C19H22N4O2S/c1-14-9-15(2)12-23(11-14)26(24,25)17-6-3-5-16(10-17)18-13-22-8-4-7-20-19(22)21-18/h3-8,10,13-15H,9,11-12H2,1-2H3/t14-,15-/m0/s1. The van der Waals surface area contributed by atoms with Gasteiger partial charge in [0.15, 0.2) is 0 Å². The average molecular weight is 370 g/mol. The van der Waals surface area contributed by atoms with Gasteiger partial charge in [0, 0.05) is 37.2 Å². The fourth-order valence-corrected chi connectivity index (χ4v) is 5.46. The van der Waals surface area contributed by atoms with Crippen molar-refractivity contribution in [3.8, 4) is 11.3 Å². The smallest absolute Gasteiger partial charge is 0.243 e. The number of rotatable bonds is 3. The Morgan fingerprint density at radius 3 is 2.62 bits per heavy atom. The Hall–Kier alpha value is -2.25. The van der Waals surface area contributed by atoms with Crippen LogP contribution in [0.2, 0.25) is 0 Å². The van der Waals surface area contributed by atoms with Crippen LogP contribution in [0.15, 0.2) is 53.8 Å². The highest BCUT2D eigenvalue weighted by molar-refractivity contribution is 7.89. The van der Waals surface area contributed by atoms with E-state index in [0.717, 1.165) is 12.0 Å². The summed E-state index contributed by atoms with van der Waals surface area (Å²) >= 11 is 0. The lowest BCUT2D eigenvalue weighted by atomic mass is 9.94. The normalized spacial score (nSPS) is 21.9. The molecule has 3 heterocycles. The second-order valence-electron chi connectivity index (χ2n) is 7.25. The van der Waals surface area contributed by atoms with E-state index >= 15 is 0 Å². The van der Waals surface area contributed by atoms with Crippen LogP contribution >= 0.6 is 0 Å². The first-order chi connectivity index (χ1) is 12.4. The monoisotopic (exact) mass is 370 g/mol. The Morgan fingerprint density at radius 1 is 1.12 bits per heavy atom. The molecule has 0 aliphatic carbocycles. The summed E-state index contributed by atoms with van der Waals surface area (Å²) in [5, 5.41) is 0. The first kappa shape index (κ1) is 17.2. The van der Waals surface area contributed by atoms with E-state index < -0.39 is 10.0 Å². The molecular formula is C19H22N4O2S. The van der Waals surface area contributed by atoms with Crippen LogP contribution in [0.5, 0.6) is 0 Å². The van der Waals surface area contributed by atoms with Gasteiger partial charge in [0.2, 0.25) is 15.8 Å². The summed E-state index contributed by atoms with van der Waals surface area (Å²) in [6.07, 6.45) is 6.49. The van der Waals surface area contributed by atoms with E-state index in [1.165, 1.54) is 0 Å². The lowest BCUT2D eigenvalue weighted by Gasteiger charge is -2.34. The minimum absolute atomic E-state index is 0.321. The number of hydrogen-bond acceptors (Lipinski definition) is 4. The third-order valence-corrected chi connectivity index (χ3v) is 6.67.